The second kappa shape index (κ2) is 12.7. The van der Waals surface area contributed by atoms with Gasteiger partial charge in [0.25, 0.3) is 11.8 Å². The van der Waals surface area contributed by atoms with Crippen LogP contribution in [0.2, 0.25) is 0 Å². The molecule has 4 aromatic carbocycles. The zero-order valence-corrected chi connectivity index (χ0v) is 20.2. The molecule has 0 aliphatic rings. The lowest BCUT2D eigenvalue weighted by molar-refractivity contribution is -0.120. The molecule has 3 amide bonds. The monoisotopic (exact) mass is 489 g/mol. The minimum atomic E-state index is -0.457. The maximum atomic E-state index is 13.1. The van der Waals surface area contributed by atoms with Crippen molar-refractivity contribution >= 4 is 29.5 Å². The van der Waals surface area contributed by atoms with E-state index in [0.717, 1.165) is 16.7 Å². The Hall–Kier alpha value is -4.97. The Balaban J connectivity index is 1.40. The van der Waals surface area contributed by atoms with E-state index < -0.39 is 5.91 Å². The van der Waals surface area contributed by atoms with Crippen molar-refractivity contribution in [1.29, 1.82) is 0 Å². The van der Waals surface area contributed by atoms with Crippen LogP contribution in [0.5, 0.6) is 0 Å². The highest BCUT2D eigenvalue weighted by Gasteiger charge is 2.15. The molecule has 0 aromatic heterocycles. The predicted octanol–water partition coefficient (Wildman–Crippen LogP) is 4.96. The van der Waals surface area contributed by atoms with Gasteiger partial charge in [0.2, 0.25) is 5.91 Å². The van der Waals surface area contributed by atoms with Gasteiger partial charge in [0.15, 0.2) is 0 Å². The Bertz CT molecular complexity index is 1370. The number of carbonyl (C=O) groups is 3. The molecule has 6 nitrogen and oxygen atoms in total. The number of hydrogen-bond donors (Lipinski definition) is 3. The van der Waals surface area contributed by atoms with Crippen LogP contribution in [0.25, 0.3) is 6.08 Å². The van der Waals surface area contributed by atoms with Gasteiger partial charge in [-0.05, 0) is 47.0 Å². The molecule has 0 saturated heterocycles. The number of rotatable bonds is 9. The van der Waals surface area contributed by atoms with Crippen LogP contribution in [0.15, 0.2) is 121 Å². The average molecular weight is 490 g/mol. The van der Waals surface area contributed by atoms with Crippen LogP contribution in [0.1, 0.15) is 27.0 Å². The van der Waals surface area contributed by atoms with E-state index in [1.165, 1.54) is 0 Å². The van der Waals surface area contributed by atoms with Gasteiger partial charge in [0, 0.05) is 17.8 Å². The number of amides is 3. The van der Waals surface area contributed by atoms with Crippen molar-refractivity contribution in [2.45, 2.75) is 13.0 Å². The van der Waals surface area contributed by atoms with Gasteiger partial charge in [-0.15, -0.1) is 0 Å². The van der Waals surface area contributed by atoms with Crippen LogP contribution < -0.4 is 16.0 Å². The molecule has 0 atom stereocenters. The maximum Gasteiger partial charge on any atom is 0.272 e. The molecule has 4 aromatic rings. The molecule has 184 valence electrons. The smallest absolute Gasteiger partial charge is 0.272 e. The van der Waals surface area contributed by atoms with Gasteiger partial charge in [-0.3, -0.25) is 14.4 Å². The number of benzene rings is 4. The Morgan fingerprint density at radius 3 is 1.89 bits per heavy atom. The molecule has 0 heterocycles. The summed E-state index contributed by atoms with van der Waals surface area (Å²) in [4.78, 5) is 38.1. The third-order valence-electron chi connectivity index (χ3n) is 5.55. The quantitative estimate of drug-likeness (QED) is 0.291. The zero-order chi connectivity index (χ0) is 25.9. The Kier molecular flexibility index (Phi) is 8.59. The second-order valence-electron chi connectivity index (χ2n) is 8.38. The van der Waals surface area contributed by atoms with Crippen molar-refractivity contribution in [3.05, 3.63) is 143 Å². The lowest BCUT2D eigenvalue weighted by atomic mass is 10.1. The van der Waals surface area contributed by atoms with Gasteiger partial charge >= 0.3 is 0 Å². The fraction of sp³-hybridized carbons (Fsp3) is 0.0645. The van der Waals surface area contributed by atoms with E-state index in [2.05, 4.69) is 16.0 Å². The van der Waals surface area contributed by atoms with E-state index >= 15 is 0 Å². The summed E-state index contributed by atoms with van der Waals surface area (Å²) in [6.45, 7) is 0.471. The number of hydrogen-bond acceptors (Lipinski definition) is 3. The molecule has 6 heteroatoms. The standard InChI is InChI=1S/C31H27N3O3/c35-29(32-22-25-12-6-2-7-13-25)21-24-16-18-27(19-17-24)33-31(37)28(20-23-10-4-1-5-11-23)34-30(36)26-14-8-3-9-15-26/h1-20H,21-22H2,(H,32,35)(H,33,37)(H,34,36)/b28-20-. The van der Waals surface area contributed by atoms with E-state index in [0.29, 0.717) is 17.8 Å². The fourth-order valence-corrected chi connectivity index (χ4v) is 3.61. The first kappa shape index (κ1) is 25.1. The highest BCUT2D eigenvalue weighted by Crippen LogP contribution is 2.13. The molecule has 0 aliphatic carbocycles. The van der Waals surface area contributed by atoms with E-state index in [-0.39, 0.29) is 23.9 Å². The molecule has 4 rings (SSSR count). The number of carbonyl (C=O) groups excluding carboxylic acids is 3. The molecule has 0 aliphatic heterocycles. The van der Waals surface area contributed by atoms with Crippen molar-refractivity contribution in [2.24, 2.45) is 0 Å². The van der Waals surface area contributed by atoms with Crippen molar-refractivity contribution in [1.82, 2.24) is 10.6 Å². The summed E-state index contributed by atoms with van der Waals surface area (Å²) < 4.78 is 0. The summed E-state index contributed by atoms with van der Waals surface area (Å²) in [5, 5.41) is 8.46. The summed E-state index contributed by atoms with van der Waals surface area (Å²) in [7, 11) is 0. The van der Waals surface area contributed by atoms with Gasteiger partial charge < -0.3 is 16.0 Å². The van der Waals surface area contributed by atoms with Gasteiger partial charge in [0.05, 0.1) is 6.42 Å². The van der Waals surface area contributed by atoms with Crippen molar-refractivity contribution in [3.63, 3.8) is 0 Å². The number of anilines is 1. The molecule has 37 heavy (non-hydrogen) atoms. The molecular formula is C31H27N3O3. The highest BCUT2D eigenvalue weighted by molar-refractivity contribution is 6.10. The lowest BCUT2D eigenvalue weighted by Crippen LogP contribution is -2.30. The summed E-state index contributed by atoms with van der Waals surface area (Å²) >= 11 is 0. The fourth-order valence-electron chi connectivity index (χ4n) is 3.61. The third-order valence-corrected chi connectivity index (χ3v) is 5.55. The molecule has 0 spiro atoms. The van der Waals surface area contributed by atoms with Gasteiger partial charge in [-0.1, -0.05) is 91.0 Å². The second-order valence-corrected chi connectivity index (χ2v) is 8.38. The molecule has 0 bridgehead atoms. The van der Waals surface area contributed by atoms with Crippen molar-refractivity contribution in [3.8, 4) is 0 Å². The van der Waals surface area contributed by atoms with Crippen LogP contribution in [-0.2, 0) is 22.6 Å². The SMILES string of the molecule is O=C(Cc1ccc(NC(=O)/C(=C/c2ccccc2)NC(=O)c2ccccc2)cc1)NCc1ccccc1. The van der Waals surface area contributed by atoms with Gasteiger partial charge in [-0.2, -0.15) is 0 Å². The minimum Gasteiger partial charge on any atom is -0.352 e. The normalized spacial score (nSPS) is 10.9. The summed E-state index contributed by atoms with van der Waals surface area (Å²) in [6, 6.07) is 34.8. The van der Waals surface area contributed by atoms with E-state index in [9.17, 15) is 14.4 Å². The van der Waals surface area contributed by atoms with E-state index in [1.807, 2.05) is 66.7 Å². The van der Waals surface area contributed by atoms with Crippen LogP contribution in [0.3, 0.4) is 0 Å². The third kappa shape index (κ3) is 7.77. The van der Waals surface area contributed by atoms with Crippen molar-refractivity contribution in [2.75, 3.05) is 5.32 Å². The first-order valence-electron chi connectivity index (χ1n) is 11.9. The molecule has 0 radical (unpaired) electrons. The molecular weight excluding hydrogens is 462 g/mol. The summed E-state index contributed by atoms with van der Waals surface area (Å²) in [5.41, 5.74) is 3.74. The number of nitrogens with one attached hydrogen (secondary N) is 3. The topological polar surface area (TPSA) is 87.3 Å². The summed E-state index contributed by atoms with van der Waals surface area (Å²) in [5.74, 6) is -0.923. The van der Waals surface area contributed by atoms with Crippen LogP contribution >= 0.6 is 0 Å². The zero-order valence-electron chi connectivity index (χ0n) is 20.2. The first-order valence-corrected chi connectivity index (χ1v) is 11.9. The Labute approximate surface area is 216 Å². The predicted molar refractivity (Wildman–Crippen MR) is 145 cm³/mol. The van der Waals surface area contributed by atoms with Crippen molar-refractivity contribution < 1.29 is 14.4 Å². The minimum absolute atomic E-state index is 0.0858. The first-order chi connectivity index (χ1) is 18.1. The van der Waals surface area contributed by atoms with Crippen LogP contribution in [0.4, 0.5) is 5.69 Å². The van der Waals surface area contributed by atoms with Gasteiger partial charge in [-0.25, -0.2) is 0 Å². The van der Waals surface area contributed by atoms with E-state index in [4.69, 9.17) is 0 Å². The summed E-state index contributed by atoms with van der Waals surface area (Å²) in [6.07, 6.45) is 1.86. The molecule has 0 fully saturated rings. The molecule has 3 N–H and O–H groups in total. The highest BCUT2D eigenvalue weighted by atomic mass is 16.2. The van der Waals surface area contributed by atoms with Gasteiger partial charge in [0.1, 0.15) is 5.70 Å². The maximum absolute atomic E-state index is 13.1. The largest absolute Gasteiger partial charge is 0.352 e. The van der Waals surface area contributed by atoms with Crippen LogP contribution in [-0.4, -0.2) is 17.7 Å². The Morgan fingerprint density at radius 2 is 1.24 bits per heavy atom. The lowest BCUT2D eigenvalue weighted by Gasteiger charge is -2.12. The molecule has 0 saturated carbocycles. The van der Waals surface area contributed by atoms with Crippen LogP contribution in [0, 0.1) is 0 Å². The average Bonchev–Trinajstić information content (AvgIpc) is 2.94. The molecule has 0 unspecified atom stereocenters. The Morgan fingerprint density at radius 1 is 0.649 bits per heavy atom. The van der Waals surface area contributed by atoms with E-state index in [1.54, 1.807) is 54.6 Å².